The molecule has 1 N–H and O–H groups in total. The number of H-pyrrole nitrogens is 1. The maximum Gasteiger partial charge on any atom is 0.417 e. The Kier molecular flexibility index (Phi) is 4.35. The summed E-state index contributed by atoms with van der Waals surface area (Å²) in [5.74, 6) is -1.46. The molecule has 1 saturated heterocycles. The van der Waals surface area contributed by atoms with Crippen LogP contribution in [0.25, 0.3) is 11.1 Å². The number of likely N-dealkylation sites (tertiary alicyclic amines) is 1. The van der Waals surface area contributed by atoms with Gasteiger partial charge in [-0.25, -0.2) is 9.18 Å². The summed E-state index contributed by atoms with van der Waals surface area (Å²) >= 11 is 0. The number of piperidine rings is 1. The van der Waals surface area contributed by atoms with Crippen LogP contribution in [0.2, 0.25) is 0 Å². The Hall–Kier alpha value is -3.22. The molecule has 2 aromatic carbocycles. The number of ketones is 1. The molecule has 2 heterocycles. The SMILES string of the molecule is O=C(c1ccc2[nH]c(=O)oc2c1)C1CCN(C(=O)c2cccc(F)c2)CC1. The molecule has 4 rings (SSSR count). The highest BCUT2D eigenvalue weighted by Gasteiger charge is 2.28. The summed E-state index contributed by atoms with van der Waals surface area (Å²) in [4.78, 5) is 40.7. The van der Waals surface area contributed by atoms with E-state index in [2.05, 4.69) is 4.98 Å². The third-order valence-electron chi connectivity index (χ3n) is 4.93. The lowest BCUT2D eigenvalue weighted by atomic mass is 9.88. The summed E-state index contributed by atoms with van der Waals surface area (Å²) in [5, 5.41) is 0. The summed E-state index contributed by atoms with van der Waals surface area (Å²) in [6.07, 6.45) is 1.07. The smallest absolute Gasteiger partial charge is 0.408 e. The molecule has 0 bridgehead atoms. The molecule has 138 valence electrons. The lowest BCUT2D eigenvalue weighted by molar-refractivity contribution is 0.0650. The largest absolute Gasteiger partial charge is 0.417 e. The quantitative estimate of drug-likeness (QED) is 0.721. The monoisotopic (exact) mass is 368 g/mol. The van der Waals surface area contributed by atoms with Gasteiger partial charge in [0.05, 0.1) is 5.52 Å². The predicted octanol–water partition coefficient (Wildman–Crippen LogP) is 3.00. The van der Waals surface area contributed by atoms with Crippen molar-refractivity contribution in [2.75, 3.05) is 13.1 Å². The number of carbonyl (C=O) groups is 2. The second-order valence-electron chi connectivity index (χ2n) is 6.67. The molecule has 27 heavy (non-hydrogen) atoms. The molecule has 1 aromatic heterocycles. The van der Waals surface area contributed by atoms with E-state index in [9.17, 15) is 18.8 Å². The van der Waals surface area contributed by atoms with Gasteiger partial charge in [0.25, 0.3) is 5.91 Å². The van der Waals surface area contributed by atoms with E-state index >= 15 is 0 Å². The molecular formula is C20H17FN2O4. The second kappa shape index (κ2) is 6.83. The number of nitrogens with one attached hydrogen (secondary N) is 1. The van der Waals surface area contributed by atoms with Crippen molar-refractivity contribution in [3.63, 3.8) is 0 Å². The number of rotatable bonds is 3. The highest BCUT2D eigenvalue weighted by molar-refractivity contribution is 6.00. The van der Waals surface area contributed by atoms with Crippen molar-refractivity contribution in [1.29, 1.82) is 0 Å². The van der Waals surface area contributed by atoms with Crippen LogP contribution in [0.1, 0.15) is 33.6 Å². The summed E-state index contributed by atoms with van der Waals surface area (Å²) in [7, 11) is 0. The third kappa shape index (κ3) is 3.40. The minimum Gasteiger partial charge on any atom is -0.408 e. The fourth-order valence-electron chi connectivity index (χ4n) is 3.48. The number of fused-ring (bicyclic) bond motifs is 1. The molecule has 0 unspecified atom stereocenters. The van der Waals surface area contributed by atoms with E-state index < -0.39 is 11.6 Å². The van der Waals surface area contributed by atoms with Crippen molar-refractivity contribution in [2.45, 2.75) is 12.8 Å². The second-order valence-corrected chi connectivity index (χ2v) is 6.67. The molecular weight excluding hydrogens is 351 g/mol. The zero-order valence-electron chi connectivity index (χ0n) is 14.4. The molecule has 0 saturated carbocycles. The first-order valence-corrected chi connectivity index (χ1v) is 8.73. The molecule has 7 heteroatoms. The van der Waals surface area contributed by atoms with Crippen LogP contribution in [0.3, 0.4) is 0 Å². The Morgan fingerprint density at radius 2 is 1.85 bits per heavy atom. The number of aromatic nitrogens is 1. The van der Waals surface area contributed by atoms with E-state index in [0.29, 0.717) is 48.2 Å². The molecule has 1 fully saturated rings. The van der Waals surface area contributed by atoms with Gasteiger partial charge in [0.1, 0.15) is 5.82 Å². The van der Waals surface area contributed by atoms with Crippen LogP contribution in [0.4, 0.5) is 4.39 Å². The van der Waals surface area contributed by atoms with Gasteiger partial charge in [-0.15, -0.1) is 0 Å². The molecule has 6 nitrogen and oxygen atoms in total. The highest BCUT2D eigenvalue weighted by Crippen LogP contribution is 2.24. The minimum atomic E-state index is -0.557. The van der Waals surface area contributed by atoms with Crippen molar-refractivity contribution < 1.29 is 18.4 Å². The fourth-order valence-corrected chi connectivity index (χ4v) is 3.48. The van der Waals surface area contributed by atoms with Crippen LogP contribution in [0.15, 0.2) is 51.7 Å². The van der Waals surface area contributed by atoms with E-state index in [1.807, 2.05) is 0 Å². The van der Waals surface area contributed by atoms with Crippen molar-refractivity contribution in [3.8, 4) is 0 Å². The molecule has 0 radical (unpaired) electrons. The Labute approximate surface area is 153 Å². The van der Waals surface area contributed by atoms with Gasteiger partial charge in [-0.2, -0.15) is 0 Å². The summed E-state index contributed by atoms with van der Waals surface area (Å²) in [6.45, 7) is 0.875. The van der Waals surface area contributed by atoms with Crippen molar-refractivity contribution in [1.82, 2.24) is 9.88 Å². The predicted molar refractivity (Wildman–Crippen MR) is 96.2 cm³/mol. The number of oxazole rings is 1. The normalized spacial score (nSPS) is 15.2. The molecule has 1 amide bonds. The van der Waals surface area contributed by atoms with E-state index in [1.54, 1.807) is 29.2 Å². The molecule has 0 aliphatic carbocycles. The van der Waals surface area contributed by atoms with Gasteiger partial charge in [0, 0.05) is 30.1 Å². The third-order valence-corrected chi connectivity index (χ3v) is 4.93. The lowest BCUT2D eigenvalue weighted by Gasteiger charge is -2.31. The first-order valence-electron chi connectivity index (χ1n) is 8.73. The molecule has 0 atom stereocenters. The first kappa shape index (κ1) is 17.2. The zero-order chi connectivity index (χ0) is 19.0. The Morgan fingerprint density at radius 3 is 2.59 bits per heavy atom. The van der Waals surface area contributed by atoms with Gasteiger partial charge in [0.15, 0.2) is 11.4 Å². The fraction of sp³-hybridized carbons (Fsp3) is 0.250. The number of carbonyl (C=O) groups excluding carboxylic acids is 2. The van der Waals surface area contributed by atoms with Crippen LogP contribution in [-0.2, 0) is 0 Å². The Bertz CT molecular complexity index is 1080. The molecule has 3 aromatic rings. The van der Waals surface area contributed by atoms with Gasteiger partial charge in [0.2, 0.25) is 0 Å². The molecule has 1 aliphatic rings. The maximum atomic E-state index is 13.3. The minimum absolute atomic E-state index is 0.0291. The molecule has 1 aliphatic heterocycles. The summed E-state index contributed by atoms with van der Waals surface area (Å²) in [5.41, 5.74) is 1.70. The maximum absolute atomic E-state index is 13.3. The number of amides is 1. The van der Waals surface area contributed by atoms with Gasteiger partial charge < -0.3 is 9.32 Å². The highest BCUT2D eigenvalue weighted by atomic mass is 19.1. The van der Waals surface area contributed by atoms with E-state index in [1.165, 1.54) is 18.2 Å². The number of aromatic amines is 1. The number of Topliss-reactive ketones (excluding diaryl/α,β-unsaturated/α-hetero) is 1. The van der Waals surface area contributed by atoms with Gasteiger partial charge in [-0.05, 0) is 49.2 Å². The van der Waals surface area contributed by atoms with Crippen molar-refractivity contribution >= 4 is 22.8 Å². The number of hydrogen-bond donors (Lipinski definition) is 1. The number of halogens is 1. The topological polar surface area (TPSA) is 83.4 Å². The van der Waals surface area contributed by atoms with E-state index in [0.717, 1.165) is 0 Å². The van der Waals surface area contributed by atoms with Crippen LogP contribution < -0.4 is 5.76 Å². The lowest BCUT2D eigenvalue weighted by Crippen LogP contribution is -2.40. The van der Waals surface area contributed by atoms with Gasteiger partial charge in [-0.1, -0.05) is 6.07 Å². The Balaban J connectivity index is 1.44. The summed E-state index contributed by atoms with van der Waals surface area (Å²) in [6, 6.07) is 10.5. The van der Waals surface area contributed by atoms with Gasteiger partial charge >= 0.3 is 5.76 Å². The summed E-state index contributed by atoms with van der Waals surface area (Å²) < 4.78 is 18.3. The standard InChI is InChI=1S/C20H17FN2O4/c21-15-3-1-2-14(10-15)19(25)23-8-6-12(7-9-23)18(24)13-4-5-16-17(11-13)27-20(26)22-16/h1-5,10-12H,6-9H2,(H,22,26). The van der Waals surface area contributed by atoms with Crippen LogP contribution in [0.5, 0.6) is 0 Å². The molecule has 0 spiro atoms. The van der Waals surface area contributed by atoms with Crippen LogP contribution in [-0.4, -0.2) is 34.7 Å². The van der Waals surface area contributed by atoms with E-state index in [-0.39, 0.29) is 17.6 Å². The first-order chi connectivity index (χ1) is 13.0. The average Bonchev–Trinajstić information content (AvgIpc) is 3.06. The zero-order valence-corrected chi connectivity index (χ0v) is 14.4. The Morgan fingerprint density at radius 1 is 1.07 bits per heavy atom. The van der Waals surface area contributed by atoms with E-state index in [4.69, 9.17) is 4.42 Å². The van der Waals surface area contributed by atoms with Crippen molar-refractivity contribution in [3.05, 3.63) is 70.0 Å². The number of hydrogen-bond acceptors (Lipinski definition) is 4. The number of benzene rings is 2. The van der Waals surface area contributed by atoms with Crippen LogP contribution >= 0.6 is 0 Å². The van der Waals surface area contributed by atoms with Crippen molar-refractivity contribution in [2.24, 2.45) is 5.92 Å². The number of nitrogens with zero attached hydrogens (tertiary/aromatic N) is 1. The average molecular weight is 368 g/mol. The van der Waals surface area contributed by atoms with Crippen LogP contribution in [0, 0.1) is 11.7 Å². The van der Waals surface area contributed by atoms with Gasteiger partial charge in [-0.3, -0.25) is 14.6 Å².